The van der Waals surface area contributed by atoms with Gasteiger partial charge in [0.2, 0.25) is 0 Å². The molecule has 328 valence electrons. The number of hydrogen-bond donors (Lipinski definition) is 0. The van der Waals surface area contributed by atoms with Gasteiger partial charge in [0.1, 0.15) is 0 Å². The number of allylic oxidation sites excluding steroid dienone is 12. The summed E-state index contributed by atoms with van der Waals surface area (Å²) in [5.41, 5.74) is 17.7. The summed E-state index contributed by atoms with van der Waals surface area (Å²) in [5, 5.41) is 0. The quantitative estimate of drug-likeness (QED) is 0.129. The molecular formula is C65H52N2O. The van der Waals surface area contributed by atoms with Crippen LogP contribution in [0.1, 0.15) is 64.9 Å². The smallest absolute Gasteiger partial charge is 0.193 e. The van der Waals surface area contributed by atoms with E-state index in [1.165, 1.54) is 0 Å². The average Bonchev–Trinajstić information content (AvgIpc) is 3.39. The predicted molar refractivity (Wildman–Crippen MR) is 284 cm³/mol. The van der Waals surface area contributed by atoms with Crippen LogP contribution < -0.4 is 0 Å². The van der Waals surface area contributed by atoms with E-state index in [0.717, 1.165) is 102 Å². The molecule has 3 nitrogen and oxygen atoms in total. The first-order valence-electron chi connectivity index (χ1n) is 23.6. The molecule has 0 spiro atoms. The summed E-state index contributed by atoms with van der Waals surface area (Å²) in [6.07, 6.45) is 27.6. The normalized spacial score (nSPS) is 16.0. The Hall–Kier alpha value is -8.27. The van der Waals surface area contributed by atoms with Crippen LogP contribution in [0.2, 0.25) is 0 Å². The minimum Gasteiger partial charge on any atom is -0.289 e. The number of benzene rings is 6. The zero-order valence-corrected chi connectivity index (χ0v) is 38.5. The molecule has 2 aliphatic carbocycles. The van der Waals surface area contributed by atoms with Crippen LogP contribution in [0.4, 0.5) is 0 Å². The van der Waals surface area contributed by atoms with Gasteiger partial charge in [-0.05, 0) is 152 Å². The minimum absolute atomic E-state index is 0.0648. The van der Waals surface area contributed by atoms with Crippen molar-refractivity contribution in [1.29, 1.82) is 0 Å². The first-order valence-corrected chi connectivity index (χ1v) is 23.6. The van der Waals surface area contributed by atoms with E-state index in [4.69, 9.17) is 9.97 Å². The first kappa shape index (κ1) is 43.6. The molecule has 2 heterocycles. The van der Waals surface area contributed by atoms with Gasteiger partial charge in [-0.25, -0.2) is 0 Å². The lowest BCUT2D eigenvalue weighted by molar-refractivity contribution is 0.103. The van der Waals surface area contributed by atoms with Gasteiger partial charge in [-0.3, -0.25) is 14.8 Å². The zero-order valence-electron chi connectivity index (χ0n) is 38.5. The third kappa shape index (κ3) is 10.1. The van der Waals surface area contributed by atoms with E-state index in [9.17, 15) is 0 Å². The molecule has 0 saturated heterocycles. The Bertz CT molecular complexity index is 3300. The van der Waals surface area contributed by atoms with Crippen molar-refractivity contribution in [1.82, 2.24) is 9.97 Å². The highest BCUT2D eigenvalue weighted by atomic mass is 16.1. The van der Waals surface area contributed by atoms with E-state index >= 15 is 4.79 Å². The molecule has 2 atom stereocenters. The largest absolute Gasteiger partial charge is 0.289 e. The van der Waals surface area contributed by atoms with Crippen molar-refractivity contribution >= 4 is 28.1 Å². The van der Waals surface area contributed by atoms with Crippen molar-refractivity contribution < 1.29 is 4.79 Å². The third-order valence-corrected chi connectivity index (χ3v) is 12.8. The topological polar surface area (TPSA) is 42.9 Å². The van der Waals surface area contributed by atoms with Gasteiger partial charge in [-0.2, -0.15) is 0 Å². The van der Waals surface area contributed by atoms with Crippen molar-refractivity contribution in [3.05, 3.63) is 277 Å². The Morgan fingerprint density at radius 3 is 1.13 bits per heavy atom. The summed E-state index contributed by atoms with van der Waals surface area (Å²) >= 11 is 0. The number of ketones is 1. The van der Waals surface area contributed by atoms with Gasteiger partial charge >= 0.3 is 0 Å². The van der Waals surface area contributed by atoms with E-state index in [2.05, 4.69) is 184 Å². The van der Waals surface area contributed by atoms with Gasteiger partial charge in [0, 0.05) is 58.2 Å². The molecule has 0 bridgehead atoms. The van der Waals surface area contributed by atoms with E-state index in [-0.39, 0.29) is 11.7 Å². The average molecular weight is 877 g/mol. The number of carbonyl (C=O) groups excluding carboxylic acids is 1. The molecule has 0 amide bonds. The van der Waals surface area contributed by atoms with Gasteiger partial charge in [0.05, 0.1) is 0 Å². The number of aromatic nitrogens is 2. The second-order valence-corrected chi connectivity index (χ2v) is 18.0. The highest BCUT2D eigenvalue weighted by Gasteiger charge is 2.20. The molecule has 8 aromatic rings. The highest BCUT2D eigenvalue weighted by molar-refractivity contribution is 6.11. The molecule has 6 aromatic carbocycles. The highest BCUT2D eigenvalue weighted by Crippen LogP contribution is 2.37. The second-order valence-electron chi connectivity index (χ2n) is 18.0. The number of rotatable bonds is 10. The third-order valence-electron chi connectivity index (χ3n) is 12.8. The molecule has 0 saturated carbocycles. The van der Waals surface area contributed by atoms with Crippen LogP contribution in [0, 0.1) is 11.8 Å². The maximum absolute atomic E-state index is 15.7. The Labute approximate surface area is 400 Å². The lowest BCUT2D eigenvalue weighted by atomic mass is 9.87. The van der Waals surface area contributed by atoms with Crippen molar-refractivity contribution in [3.63, 3.8) is 0 Å². The molecule has 2 aliphatic rings. The van der Waals surface area contributed by atoms with Gasteiger partial charge in [-0.15, -0.1) is 0 Å². The van der Waals surface area contributed by atoms with E-state index < -0.39 is 0 Å². The van der Waals surface area contributed by atoms with Crippen molar-refractivity contribution in [3.8, 4) is 44.5 Å². The Morgan fingerprint density at radius 2 is 0.691 bits per heavy atom. The van der Waals surface area contributed by atoms with Gasteiger partial charge in [0.25, 0.3) is 0 Å². The van der Waals surface area contributed by atoms with Gasteiger partial charge in [0.15, 0.2) is 5.78 Å². The molecule has 0 fully saturated rings. The molecule has 0 radical (unpaired) electrons. The fraction of sp³-hybridized carbons (Fsp3) is 0.0923. The fourth-order valence-electron chi connectivity index (χ4n) is 9.20. The summed E-state index contributed by atoms with van der Waals surface area (Å²) in [4.78, 5) is 25.1. The van der Waals surface area contributed by atoms with Crippen LogP contribution in [0.25, 0.3) is 66.8 Å². The van der Waals surface area contributed by atoms with Crippen LogP contribution in [-0.4, -0.2) is 15.8 Å². The zero-order chi connectivity index (χ0) is 46.2. The van der Waals surface area contributed by atoms with E-state index in [1.54, 1.807) is 0 Å². The molecule has 2 aromatic heterocycles. The number of pyridine rings is 2. The van der Waals surface area contributed by atoms with Crippen molar-refractivity contribution in [2.45, 2.75) is 26.7 Å². The number of nitrogens with zero attached hydrogens (tertiary/aromatic N) is 2. The number of hydrogen-bond acceptors (Lipinski definition) is 3. The lowest BCUT2D eigenvalue weighted by Gasteiger charge is -2.17. The Balaban J connectivity index is 1.16. The standard InChI is InChI=1S/C65H52N2O/c1-45-18-16-28-52(32-53(29-45)48-21-9-4-10-22-48)55-33-57(63-39-61(41-66-43-63)49-23-11-5-12-24-49)37-59(35-55)65(68)60-36-56(54-30-46(2)17-15-27-51(31-54)47-19-7-3-8-20-47)34-58(38-60)64-40-62(42-67-44-64)50-25-13-6-14-26-50/h3-16,19-46H,17-18H2,1-2H3. The molecule has 68 heavy (non-hydrogen) atoms. The maximum Gasteiger partial charge on any atom is 0.193 e. The molecule has 0 aliphatic heterocycles. The molecule has 10 rings (SSSR count). The molecule has 2 unspecified atom stereocenters. The summed E-state index contributed by atoms with van der Waals surface area (Å²) in [5.74, 6) is 0.582. The lowest BCUT2D eigenvalue weighted by Crippen LogP contribution is -2.05. The summed E-state index contributed by atoms with van der Waals surface area (Å²) in [6, 6.07) is 58.8. The maximum atomic E-state index is 15.7. The second kappa shape index (κ2) is 20.1. The first-order chi connectivity index (χ1) is 33.4. The molecule has 3 heteroatoms. The molecular weight excluding hydrogens is 825 g/mol. The van der Waals surface area contributed by atoms with Crippen LogP contribution in [0.3, 0.4) is 0 Å². The van der Waals surface area contributed by atoms with Crippen LogP contribution in [0.15, 0.2) is 243 Å². The predicted octanol–water partition coefficient (Wildman–Crippen LogP) is 16.5. The summed E-state index contributed by atoms with van der Waals surface area (Å²) in [7, 11) is 0. The fourth-order valence-corrected chi connectivity index (χ4v) is 9.20. The van der Waals surface area contributed by atoms with Crippen molar-refractivity contribution in [2.75, 3.05) is 0 Å². The Morgan fingerprint density at radius 1 is 0.368 bits per heavy atom. The monoisotopic (exact) mass is 876 g/mol. The summed E-state index contributed by atoms with van der Waals surface area (Å²) in [6.45, 7) is 4.51. The van der Waals surface area contributed by atoms with Crippen LogP contribution in [-0.2, 0) is 0 Å². The Kier molecular flexibility index (Phi) is 12.9. The van der Waals surface area contributed by atoms with Crippen LogP contribution in [0.5, 0.6) is 0 Å². The summed E-state index contributed by atoms with van der Waals surface area (Å²) < 4.78 is 0. The van der Waals surface area contributed by atoms with Gasteiger partial charge < -0.3 is 0 Å². The van der Waals surface area contributed by atoms with Crippen LogP contribution >= 0.6 is 0 Å². The molecule has 0 N–H and O–H groups in total. The van der Waals surface area contributed by atoms with E-state index in [1.807, 2.05) is 73.3 Å². The SMILES string of the molecule is CC1C=C(c2ccccc2)C=C(c2cc(C(=O)c3cc(C4=CC(C)CC=CC(c5ccccc5)=C4)cc(-c4cncc(-c5ccccc5)c4)c3)cc(-c3cncc(-c4ccccc4)c3)c2)C=CC1. The number of carbonyl (C=O) groups is 1. The van der Waals surface area contributed by atoms with Crippen molar-refractivity contribution in [2.24, 2.45) is 11.8 Å². The van der Waals surface area contributed by atoms with Gasteiger partial charge in [-0.1, -0.05) is 172 Å². The van der Waals surface area contributed by atoms with E-state index in [0.29, 0.717) is 17.0 Å². The minimum atomic E-state index is -0.0648.